The Hall–Kier alpha value is 0.0900. The van der Waals surface area contributed by atoms with Crippen molar-refractivity contribution < 1.29 is 0 Å². The Bertz CT molecular complexity index is 371. The van der Waals surface area contributed by atoms with Gasteiger partial charge in [0.05, 0.1) is 0 Å². The van der Waals surface area contributed by atoms with Crippen molar-refractivity contribution in [1.82, 2.24) is 9.36 Å². The van der Waals surface area contributed by atoms with Crippen molar-refractivity contribution in [3.05, 3.63) is 27.1 Å². The third-order valence-corrected chi connectivity index (χ3v) is 5.03. The number of halogens is 1. The standard InChI is InChI=1S/C7H5BrN2S3/c8-5-1-6(11-2-5)3-12-7-9-4-10-13-7/h1-2,4H,3H2. The van der Waals surface area contributed by atoms with Gasteiger partial charge in [0.25, 0.3) is 0 Å². The highest BCUT2D eigenvalue weighted by Crippen LogP contribution is 2.28. The van der Waals surface area contributed by atoms with E-state index in [-0.39, 0.29) is 0 Å². The summed E-state index contributed by atoms with van der Waals surface area (Å²) in [5, 5.41) is 2.09. The molecule has 2 aromatic heterocycles. The molecule has 0 N–H and O–H groups in total. The highest BCUT2D eigenvalue weighted by Gasteiger charge is 2.01. The maximum Gasteiger partial charge on any atom is 0.170 e. The molecule has 0 aliphatic heterocycles. The molecule has 0 saturated carbocycles. The number of thiophene rings is 1. The van der Waals surface area contributed by atoms with Crippen LogP contribution in [0.25, 0.3) is 0 Å². The van der Waals surface area contributed by atoms with E-state index in [0.29, 0.717) is 0 Å². The number of aromatic nitrogens is 2. The Morgan fingerprint density at radius 1 is 1.54 bits per heavy atom. The Morgan fingerprint density at radius 3 is 3.08 bits per heavy atom. The van der Waals surface area contributed by atoms with Gasteiger partial charge in [-0.2, -0.15) is 4.37 Å². The Morgan fingerprint density at radius 2 is 2.46 bits per heavy atom. The van der Waals surface area contributed by atoms with Crippen LogP contribution in [0.2, 0.25) is 0 Å². The summed E-state index contributed by atoms with van der Waals surface area (Å²) in [5.41, 5.74) is 0. The van der Waals surface area contributed by atoms with Crippen molar-refractivity contribution in [1.29, 1.82) is 0 Å². The molecule has 2 aromatic rings. The minimum absolute atomic E-state index is 0.978. The van der Waals surface area contributed by atoms with E-state index in [4.69, 9.17) is 0 Å². The van der Waals surface area contributed by atoms with E-state index in [1.54, 1.807) is 29.4 Å². The molecular weight excluding hydrogens is 288 g/mol. The fraction of sp³-hybridized carbons (Fsp3) is 0.143. The van der Waals surface area contributed by atoms with Gasteiger partial charge >= 0.3 is 0 Å². The zero-order chi connectivity index (χ0) is 9.10. The molecule has 0 aliphatic carbocycles. The fourth-order valence-corrected chi connectivity index (χ4v) is 3.74. The molecule has 0 aliphatic rings. The molecule has 13 heavy (non-hydrogen) atoms. The Labute approximate surface area is 96.7 Å². The van der Waals surface area contributed by atoms with E-state index in [0.717, 1.165) is 14.6 Å². The quantitative estimate of drug-likeness (QED) is 0.808. The van der Waals surface area contributed by atoms with Gasteiger partial charge in [-0.15, -0.1) is 11.3 Å². The van der Waals surface area contributed by atoms with E-state index in [1.807, 2.05) is 0 Å². The van der Waals surface area contributed by atoms with Crippen molar-refractivity contribution >= 4 is 50.6 Å². The monoisotopic (exact) mass is 292 g/mol. The van der Waals surface area contributed by atoms with Crippen LogP contribution < -0.4 is 0 Å². The highest BCUT2D eigenvalue weighted by molar-refractivity contribution is 9.10. The van der Waals surface area contributed by atoms with Crippen molar-refractivity contribution in [2.45, 2.75) is 10.1 Å². The second kappa shape index (κ2) is 4.54. The molecule has 0 unspecified atom stereocenters. The minimum Gasteiger partial charge on any atom is -0.216 e. The van der Waals surface area contributed by atoms with Crippen LogP contribution in [0.5, 0.6) is 0 Å². The van der Waals surface area contributed by atoms with Gasteiger partial charge in [0.2, 0.25) is 0 Å². The summed E-state index contributed by atoms with van der Waals surface area (Å²) in [7, 11) is 0. The number of nitrogens with zero attached hydrogens (tertiary/aromatic N) is 2. The summed E-state index contributed by atoms with van der Waals surface area (Å²) >= 11 is 8.36. The second-order valence-electron chi connectivity index (χ2n) is 2.23. The topological polar surface area (TPSA) is 25.8 Å². The van der Waals surface area contributed by atoms with Gasteiger partial charge in [0.15, 0.2) is 4.34 Å². The first kappa shape index (κ1) is 9.64. The molecule has 0 atom stereocenters. The van der Waals surface area contributed by atoms with Gasteiger partial charge in [-0.05, 0) is 33.5 Å². The lowest BCUT2D eigenvalue weighted by atomic mass is 10.5. The average Bonchev–Trinajstić information content (AvgIpc) is 2.71. The summed E-state index contributed by atoms with van der Waals surface area (Å²) in [4.78, 5) is 5.46. The Balaban J connectivity index is 1.93. The van der Waals surface area contributed by atoms with E-state index >= 15 is 0 Å². The molecule has 2 nitrogen and oxygen atoms in total. The predicted molar refractivity (Wildman–Crippen MR) is 61.5 cm³/mol. The number of thioether (sulfide) groups is 1. The first-order valence-corrected chi connectivity index (χ1v) is 6.90. The lowest BCUT2D eigenvalue weighted by Crippen LogP contribution is -1.71. The molecule has 0 spiro atoms. The number of hydrogen-bond donors (Lipinski definition) is 0. The van der Waals surface area contributed by atoms with Crippen molar-refractivity contribution in [3.8, 4) is 0 Å². The summed E-state index contributed by atoms with van der Waals surface area (Å²) in [6.45, 7) is 0. The maximum absolute atomic E-state index is 4.10. The summed E-state index contributed by atoms with van der Waals surface area (Å²) in [6, 6.07) is 2.14. The van der Waals surface area contributed by atoms with Crippen LogP contribution in [-0.2, 0) is 5.75 Å². The normalized spacial score (nSPS) is 10.5. The van der Waals surface area contributed by atoms with Crippen LogP contribution in [0.4, 0.5) is 0 Å². The molecule has 2 rings (SSSR count). The van der Waals surface area contributed by atoms with Crippen LogP contribution in [-0.4, -0.2) is 9.36 Å². The van der Waals surface area contributed by atoms with E-state index in [2.05, 4.69) is 36.7 Å². The lowest BCUT2D eigenvalue weighted by Gasteiger charge is -1.91. The van der Waals surface area contributed by atoms with Crippen LogP contribution >= 0.6 is 50.6 Å². The van der Waals surface area contributed by atoms with Gasteiger partial charge < -0.3 is 0 Å². The molecular formula is C7H5BrN2S3. The molecule has 2 heterocycles. The zero-order valence-corrected chi connectivity index (χ0v) is 10.5. The average molecular weight is 293 g/mol. The summed E-state index contributed by atoms with van der Waals surface area (Å²) < 4.78 is 6.13. The van der Waals surface area contributed by atoms with E-state index in [1.165, 1.54) is 16.4 Å². The number of hydrogen-bond acceptors (Lipinski definition) is 5. The largest absolute Gasteiger partial charge is 0.216 e. The van der Waals surface area contributed by atoms with Crippen LogP contribution in [0.15, 0.2) is 26.6 Å². The summed E-state index contributed by atoms with van der Waals surface area (Å²) in [6.07, 6.45) is 1.59. The predicted octanol–water partition coefficient (Wildman–Crippen LogP) is 3.65. The van der Waals surface area contributed by atoms with E-state index in [9.17, 15) is 0 Å². The molecule has 0 saturated heterocycles. The molecule has 0 fully saturated rings. The van der Waals surface area contributed by atoms with E-state index < -0.39 is 0 Å². The first-order valence-electron chi connectivity index (χ1n) is 3.47. The van der Waals surface area contributed by atoms with Gasteiger partial charge in [0, 0.05) is 20.5 Å². The third-order valence-electron chi connectivity index (χ3n) is 1.30. The van der Waals surface area contributed by atoms with Crippen LogP contribution in [0.1, 0.15) is 4.88 Å². The number of rotatable bonds is 3. The van der Waals surface area contributed by atoms with Gasteiger partial charge in [-0.3, -0.25) is 0 Å². The smallest absolute Gasteiger partial charge is 0.170 e. The van der Waals surface area contributed by atoms with Crippen LogP contribution in [0.3, 0.4) is 0 Å². The van der Waals surface area contributed by atoms with Crippen molar-refractivity contribution in [2.24, 2.45) is 0 Å². The van der Waals surface area contributed by atoms with Gasteiger partial charge in [0.1, 0.15) is 6.33 Å². The SMILES string of the molecule is Brc1csc(CSc2ncns2)c1. The molecule has 0 aromatic carbocycles. The Kier molecular flexibility index (Phi) is 3.37. The third kappa shape index (κ3) is 2.77. The molecule has 0 bridgehead atoms. The molecule has 0 amide bonds. The molecule has 6 heteroatoms. The van der Waals surface area contributed by atoms with Crippen LogP contribution in [0, 0.1) is 0 Å². The minimum atomic E-state index is 0.978. The first-order chi connectivity index (χ1) is 6.34. The summed E-state index contributed by atoms with van der Waals surface area (Å²) in [5.74, 6) is 0.978. The maximum atomic E-state index is 4.10. The van der Waals surface area contributed by atoms with Gasteiger partial charge in [-0.1, -0.05) is 11.8 Å². The highest BCUT2D eigenvalue weighted by atomic mass is 79.9. The van der Waals surface area contributed by atoms with Gasteiger partial charge in [-0.25, -0.2) is 4.98 Å². The fourth-order valence-electron chi connectivity index (χ4n) is 0.789. The molecule has 68 valence electrons. The van der Waals surface area contributed by atoms with Crippen molar-refractivity contribution in [3.63, 3.8) is 0 Å². The second-order valence-corrected chi connectivity index (χ2v) is 6.14. The molecule has 0 radical (unpaired) electrons. The van der Waals surface area contributed by atoms with Crippen molar-refractivity contribution in [2.75, 3.05) is 0 Å². The lowest BCUT2D eigenvalue weighted by molar-refractivity contribution is 1.21. The zero-order valence-electron chi connectivity index (χ0n) is 6.44.